The lowest BCUT2D eigenvalue weighted by Crippen LogP contribution is -2.14. The first kappa shape index (κ1) is 15.5. The lowest BCUT2D eigenvalue weighted by Gasteiger charge is -2.06. The van der Waals surface area contributed by atoms with E-state index >= 15 is 0 Å². The first-order chi connectivity index (χ1) is 10.3. The minimum Gasteiger partial charge on any atom is -0.325 e. The number of aryl methyl sites for hydroxylation is 1. The highest BCUT2D eigenvalue weighted by molar-refractivity contribution is 7.99. The zero-order chi connectivity index (χ0) is 14.9. The van der Waals surface area contributed by atoms with Gasteiger partial charge >= 0.3 is 0 Å². The summed E-state index contributed by atoms with van der Waals surface area (Å²) in [5.41, 5.74) is 2.14. The van der Waals surface area contributed by atoms with Crippen LogP contribution in [0.15, 0.2) is 47.9 Å². The van der Waals surface area contributed by atoms with Crippen LogP contribution in [0, 0.1) is 0 Å². The number of aromatic nitrogens is 2. The molecule has 0 unspecified atom stereocenters. The summed E-state index contributed by atoms with van der Waals surface area (Å²) in [6.07, 6.45) is 6.81. The van der Waals surface area contributed by atoms with E-state index in [2.05, 4.69) is 34.3 Å². The smallest absolute Gasteiger partial charge is 0.234 e. The maximum atomic E-state index is 11.9. The van der Waals surface area contributed by atoms with Crippen molar-refractivity contribution < 1.29 is 4.79 Å². The summed E-state index contributed by atoms with van der Waals surface area (Å²) < 4.78 is 0. The Morgan fingerprint density at radius 1 is 1.19 bits per heavy atom. The molecule has 1 aromatic carbocycles. The van der Waals surface area contributed by atoms with Gasteiger partial charge in [-0.15, -0.1) is 0 Å². The summed E-state index contributed by atoms with van der Waals surface area (Å²) >= 11 is 1.33. The number of nitrogens with zero attached hydrogens (tertiary/aromatic N) is 2. The van der Waals surface area contributed by atoms with Crippen LogP contribution in [0.1, 0.15) is 25.3 Å². The Kier molecular flexibility index (Phi) is 6.22. The summed E-state index contributed by atoms with van der Waals surface area (Å²) in [4.78, 5) is 20.0. The molecule has 0 saturated heterocycles. The molecule has 0 bridgehead atoms. The minimum absolute atomic E-state index is 0.0474. The van der Waals surface area contributed by atoms with Gasteiger partial charge in [-0.3, -0.25) is 4.79 Å². The molecule has 1 N–H and O–H groups in total. The van der Waals surface area contributed by atoms with E-state index in [0.717, 1.165) is 12.1 Å². The fourth-order valence-corrected chi connectivity index (χ4v) is 2.43. The zero-order valence-electron chi connectivity index (χ0n) is 12.1. The van der Waals surface area contributed by atoms with Crippen molar-refractivity contribution in [2.75, 3.05) is 11.1 Å². The maximum Gasteiger partial charge on any atom is 0.234 e. The van der Waals surface area contributed by atoms with Crippen LogP contribution >= 0.6 is 11.8 Å². The monoisotopic (exact) mass is 301 g/mol. The van der Waals surface area contributed by atoms with Crippen molar-refractivity contribution in [1.29, 1.82) is 0 Å². The quantitative estimate of drug-likeness (QED) is 0.627. The zero-order valence-corrected chi connectivity index (χ0v) is 12.9. The van der Waals surface area contributed by atoms with Crippen molar-refractivity contribution in [2.45, 2.75) is 31.3 Å². The van der Waals surface area contributed by atoms with E-state index in [1.165, 1.54) is 30.2 Å². The molecule has 110 valence electrons. The number of anilines is 1. The number of nitrogens with one attached hydrogen (secondary N) is 1. The number of hydrogen-bond acceptors (Lipinski definition) is 4. The number of carbonyl (C=O) groups excluding carboxylic acids is 1. The molecule has 0 aliphatic carbocycles. The summed E-state index contributed by atoms with van der Waals surface area (Å²) in [7, 11) is 0. The molecule has 2 aromatic rings. The van der Waals surface area contributed by atoms with Gasteiger partial charge in [-0.05, 0) is 36.6 Å². The topological polar surface area (TPSA) is 54.9 Å². The number of carbonyl (C=O) groups is 1. The number of unbranched alkanes of at least 4 members (excludes halogenated alkanes) is 1. The lowest BCUT2D eigenvalue weighted by molar-refractivity contribution is -0.113. The van der Waals surface area contributed by atoms with E-state index in [1.807, 2.05) is 12.1 Å². The van der Waals surface area contributed by atoms with Gasteiger partial charge in [0.25, 0.3) is 0 Å². The van der Waals surface area contributed by atoms with Crippen LogP contribution < -0.4 is 5.32 Å². The van der Waals surface area contributed by atoms with Crippen LogP contribution in [0.3, 0.4) is 0 Å². The minimum atomic E-state index is -0.0474. The summed E-state index contributed by atoms with van der Waals surface area (Å²) in [5, 5.41) is 3.49. The number of thioether (sulfide) groups is 1. The van der Waals surface area contributed by atoms with Crippen molar-refractivity contribution in [3.8, 4) is 0 Å². The molecular weight excluding hydrogens is 282 g/mol. The van der Waals surface area contributed by atoms with Crippen molar-refractivity contribution in [3.05, 3.63) is 48.3 Å². The highest BCUT2D eigenvalue weighted by atomic mass is 32.2. The first-order valence-electron chi connectivity index (χ1n) is 7.06. The third kappa shape index (κ3) is 5.55. The van der Waals surface area contributed by atoms with E-state index in [1.54, 1.807) is 18.5 Å². The van der Waals surface area contributed by atoms with Crippen molar-refractivity contribution in [2.24, 2.45) is 0 Å². The SMILES string of the molecule is CCCCc1ccc(NC(=O)CSc2ncccn2)cc1. The molecule has 5 heteroatoms. The van der Waals surface area contributed by atoms with E-state index in [4.69, 9.17) is 0 Å². The number of hydrogen-bond donors (Lipinski definition) is 1. The third-order valence-corrected chi connectivity index (χ3v) is 3.81. The molecule has 4 nitrogen and oxygen atoms in total. The fourth-order valence-electron chi connectivity index (χ4n) is 1.82. The summed E-state index contributed by atoms with van der Waals surface area (Å²) in [6.45, 7) is 2.18. The van der Waals surface area contributed by atoms with Gasteiger partial charge in [-0.25, -0.2) is 9.97 Å². The number of amides is 1. The standard InChI is InChI=1S/C16H19N3OS/c1-2-3-5-13-6-8-14(9-7-13)19-15(20)12-21-16-17-10-4-11-18-16/h4,6-11H,2-3,5,12H2,1H3,(H,19,20). The van der Waals surface area contributed by atoms with Gasteiger partial charge < -0.3 is 5.32 Å². The van der Waals surface area contributed by atoms with Crippen LogP contribution in [-0.2, 0) is 11.2 Å². The molecule has 0 radical (unpaired) electrons. The Labute approximate surface area is 129 Å². The van der Waals surface area contributed by atoms with Crippen LogP contribution in [0.2, 0.25) is 0 Å². The molecule has 1 heterocycles. The Balaban J connectivity index is 1.79. The van der Waals surface area contributed by atoms with E-state index in [9.17, 15) is 4.79 Å². The van der Waals surface area contributed by atoms with Gasteiger partial charge in [-0.2, -0.15) is 0 Å². The van der Waals surface area contributed by atoms with Crippen LogP contribution in [0.5, 0.6) is 0 Å². The van der Waals surface area contributed by atoms with Gasteiger partial charge in [-0.1, -0.05) is 37.2 Å². The average Bonchev–Trinajstić information content (AvgIpc) is 2.53. The van der Waals surface area contributed by atoms with Gasteiger partial charge in [0.15, 0.2) is 5.16 Å². The molecule has 0 spiro atoms. The van der Waals surface area contributed by atoms with E-state index in [0.29, 0.717) is 10.9 Å². The Morgan fingerprint density at radius 3 is 2.57 bits per heavy atom. The second-order valence-electron chi connectivity index (χ2n) is 4.67. The summed E-state index contributed by atoms with van der Waals surface area (Å²) in [5.74, 6) is 0.260. The van der Waals surface area contributed by atoms with Gasteiger partial charge in [0.05, 0.1) is 5.75 Å². The highest BCUT2D eigenvalue weighted by Gasteiger charge is 2.05. The molecule has 0 aliphatic heterocycles. The average molecular weight is 301 g/mol. The summed E-state index contributed by atoms with van der Waals surface area (Å²) in [6, 6.07) is 9.79. The van der Waals surface area contributed by atoms with E-state index in [-0.39, 0.29) is 5.91 Å². The molecule has 0 saturated carbocycles. The molecule has 0 fully saturated rings. The van der Waals surface area contributed by atoms with Gasteiger partial charge in [0.1, 0.15) is 0 Å². The van der Waals surface area contributed by atoms with E-state index < -0.39 is 0 Å². The molecule has 1 amide bonds. The van der Waals surface area contributed by atoms with Crippen LogP contribution in [-0.4, -0.2) is 21.6 Å². The molecule has 21 heavy (non-hydrogen) atoms. The molecule has 0 atom stereocenters. The highest BCUT2D eigenvalue weighted by Crippen LogP contribution is 2.14. The van der Waals surface area contributed by atoms with Gasteiger partial charge in [0, 0.05) is 18.1 Å². The normalized spacial score (nSPS) is 10.3. The van der Waals surface area contributed by atoms with Gasteiger partial charge in [0.2, 0.25) is 5.91 Å². The predicted octanol–water partition coefficient (Wildman–Crippen LogP) is 3.55. The maximum absolute atomic E-state index is 11.9. The molecule has 1 aromatic heterocycles. The second-order valence-corrected chi connectivity index (χ2v) is 5.61. The van der Waals surface area contributed by atoms with Crippen LogP contribution in [0.4, 0.5) is 5.69 Å². The molecular formula is C16H19N3OS. The lowest BCUT2D eigenvalue weighted by atomic mass is 10.1. The van der Waals surface area contributed by atoms with Crippen molar-refractivity contribution in [1.82, 2.24) is 9.97 Å². The van der Waals surface area contributed by atoms with Crippen molar-refractivity contribution >= 4 is 23.4 Å². The second kappa shape index (κ2) is 8.42. The molecule has 2 rings (SSSR count). The third-order valence-electron chi connectivity index (χ3n) is 2.93. The van der Waals surface area contributed by atoms with Crippen molar-refractivity contribution in [3.63, 3.8) is 0 Å². The fraction of sp³-hybridized carbons (Fsp3) is 0.312. The predicted molar refractivity (Wildman–Crippen MR) is 86.4 cm³/mol. The molecule has 0 aliphatic rings. The van der Waals surface area contributed by atoms with Crippen LogP contribution in [0.25, 0.3) is 0 Å². The largest absolute Gasteiger partial charge is 0.325 e. The Bertz CT molecular complexity index is 557. The number of rotatable bonds is 7. The Morgan fingerprint density at radius 2 is 1.90 bits per heavy atom. The Hall–Kier alpha value is -1.88. The number of benzene rings is 1. The first-order valence-corrected chi connectivity index (χ1v) is 8.05.